The molecule has 0 aliphatic heterocycles. The fourth-order valence-electron chi connectivity index (χ4n) is 1.82. The van der Waals surface area contributed by atoms with Gasteiger partial charge in [-0.15, -0.1) is 10.2 Å². The predicted molar refractivity (Wildman–Crippen MR) is 85.6 cm³/mol. The molecule has 1 heterocycles. The van der Waals surface area contributed by atoms with Gasteiger partial charge in [-0.2, -0.15) is 13.2 Å². The second-order valence-electron chi connectivity index (χ2n) is 5.06. The van der Waals surface area contributed by atoms with Crippen molar-refractivity contribution in [3.63, 3.8) is 0 Å². The molecule has 0 aliphatic carbocycles. The Hall–Kier alpha value is -2.56. The highest BCUT2D eigenvalue weighted by atomic mass is 32.2. The fourth-order valence-corrected chi connectivity index (χ4v) is 2.59. The zero-order valence-corrected chi connectivity index (χ0v) is 14.0. The van der Waals surface area contributed by atoms with Crippen LogP contribution < -0.4 is 11.2 Å². The van der Waals surface area contributed by atoms with Gasteiger partial charge in [0.05, 0.1) is 5.25 Å². The van der Waals surface area contributed by atoms with Crippen molar-refractivity contribution in [1.82, 2.24) is 14.9 Å². The summed E-state index contributed by atoms with van der Waals surface area (Å²) in [6, 6.07) is 6.31. The summed E-state index contributed by atoms with van der Waals surface area (Å²) in [6.45, 7) is 2.88. The maximum absolute atomic E-state index is 12.6. The van der Waals surface area contributed by atoms with Crippen LogP contribution >= 0.6 is 11.8 Å². The van der Waals surface area contributed by atoms with Crippen molar-refractivity contribution in [2.45, 2.75) is 30.4 Å². The average molecular weight is 373 g/mol. The van der Waals surface area contributed by atoms with E-state index in [0.29, 0.717) is 15.9 Å². The largest absolute Gasteiger partial charge is 0.453 e. The van der Waals surface area contributed by atoms with E-state index in [1.165, 1.54) is 19.9 Å². The van der Waals surface area contributed by atoms with Gasteiger partial charge in [0, 0.05) is 11.3 Å². The number of hydrogen-bond donors (Lipinski definition) is 2. The minimum Gasteiger partial charge on any atom is -0.335 e. The molecule has 7 nitrogen and oxygen atoms in total. The zero-order chi connectivity index (χ0) is 18.8. The van der Waals surface area contributed by atoms with Crippen LogP contribution in [0.4, 0.5) is 18.9 Å². The lowest BCUT2D eigenvalue weighted by Crippen LogP contribution is -2.25. The summed E-state index contributed by atoms with van der Waals surface area (Å²) in [7, 11) is 0. The van der Waals surface area contributed by atoms with Crippen molar-refractivity contribution in [1.29, 1.82) is 0 Å². The summed E-state index contributed by atoms with van der Waals surface area (Å²) in [5.41, 5.74) is 0.824. The van der Waals surface area contributed by atoms with Gasteiger partial charge in [-0.1, -0.05) is 23.9 Å². The molecule has 1 atom stereocenters. The highest BCUT2D eigenvalue weighted by Crippen LogP contribution is 2.30. The molecule has 25 heavy (non-hydrogen) atoms. The molecule has 0 radical (unpaired) electrons. The first-order valence-corrected chi connectivity index (χ1v) is 7.83. The Morgan fingerprint density at radius 1 is 1.32 bits per heavy atom. The van der Waals surface area contributed by atoms with Crippen LogP contribution in [0.1, 0.15) is 30.0 Å². The van der Waals surface area contributed by atoms with Crippen molar-refractivity contribution < 1.29 is 22.8 Å². The Morgan fingerprint density at radius 2 is 2.00 bits per heavy atom. The zero-order valence-electron chi connectivity index (χ0n) is 13.2. The minimum atomic E-state index is -4.74. The van der Waals surface area contributed by atoms with Crippen LogP contribution in [0, 0.1) is 0 Å². The average Bonchev–Trinajstić information content (AvgIpc) is 2.88. The maximum atomic E-state index is 12.6. The highest BCUT2D eigenvalue weighted by Gasteiger charge is 2.38. The molecule has 0 saturated carbocycles. The van der Waals surface area contributed by atoms with Gasteiger partial charge in [-0.05, 0) is 26.0 Å². The molecule has 1 amide bonds. The monoisotopic (exact) mass is 373 g/mol. The van der Waals surface area contributed by atoms with E-state index >= 15 is 0 Å². The number of aromatic nitrogens is 3. The lowest BCUT2D eigenvalue weighted by Gasteiger charge is -2.12. The lowest BCUT2D eigenvalue weighted by molar-refractivity contribution is -0.146. The van der Waals surface area contributed by atoms with Crippen molar-refractivity contribution >= 4 is 29.1 Å². The number of carbonyl (C=O) groups excluding carboxylic acids is 2. The maximum Gasteiger partial charge on any atom is 0.453 e. The van der Waals surface area contributed by atoms with Gasteiger partial charge in [0.15, 0.2) is 5.78 Å². The number of hydrogen-bond acceptors (Lipinski definition) is 6. The van der Waals surface area contributed by atoms with Gasteiger partial charge in [0.1, 0.15) is 0 Å². The van der Waals surface area contributed by atoms with Crippen molar-refractivity contribution in [3.8, 4) is 0 Å². The topological polar surface area (TPSA) is 103 Å². The van der Waals surface area contributed by atoms with Crippen LogP contribution in [0.5, 0.6) is 0 Å². The summed E-state index contributed by atoms with van der Waals surface area (Å²) < 4.78 is 38.2. The minimum absolute atomic E-state index is 0.158. The second kappa shape index (κ2) is 7.13. The van der Waals surface area contributed by atoms with Gasteiger partial charge in [0.25, 0.3) is 5.82 Å². The Balaban J connectivity index is 2.07. The molecular weight excluding hydrogens is 359 g/mol. The molecule has 0 fully saturated rings. The molecule has 0 unspecified atom stereocenters. The number of anilines is 1. The Bertz CT molecular complexity index is 806. The normalized spacial score (nSPS) is 12.7. The number of ketones is 1. The molecule has 2 rings (SSSR count). The molecular formula is C14H14F3N5O2S. The number of rotatable bonds is 5. The second-order valence-corrected chi connectivity index (χ2v) is 6.37. The van der Waals surface area contributed by atoms with E-state index in [0.717, 1.165) is 11.8 Å². The molecule has 2 aromatic rings. The SMILES string of the molecule is CC(=O)c1cccc(NC(=O)[C@@H](C)Sc2nnc(C(F)(F)F)n2N)c1. The van der Waals surface area contributed by atoms with Crippen molar-refractivity contribution in [2.24, 2.45) is 0 Å². The van der Waals surface area contributed by atoms with Crippen molar-refractivity contribution in [2.75, 3.05) is 11.2 Å². The molecule has 3 N–H and O–H groups in total. The molecule has 11 heteroatoms. The van der Waals surface area contributed by atoms with Gasteiger partial charge in [-0.3, -0.25) is 9.59 Å². The summed E-state index contributed by atoms with van der Waals surface area (Å²) in [6.07, 6.45) is -4.74. The molecule has 134 valence electrons. The summed E-state index contributed by atoms with van der Waals surface area (Å²) in [4.78, 5) is 23.5. The highest BCUT2D eigenvalue weighted by molar-refractivity contribution is 8.00. The third kappa shape index (κ3) is 4.50. The van der Waals surface area contributed by atoms with Crippen LogP contribution in [0.3, 0.4) is 0 Å². The summed E-state index contributed by atoms with van der Waals surface area (Å²) in [5, 5.41) is 7.88. The Morgan fingerprint density at radius 3 is 2.56 bits per heavy atom. The quantitative estimate of drug-likeness (QED) is 0.474. The van der Waals surface area contributed by atoms with E-state index in [2.05, 4.69) is 15.5 Å². The number of benzene rings is 1. The van der Waals surface area contributed by atoms with Gasteiger partial charge in [0.2, 0.25) is 11.1 Å². The Kier molecular flexibility index (Phi) is 5.36. The number of nitrogens with one attached hydrogen (secondary N) is 1. The van der Waals surface area contributed by atoms with E-state index in [-0.39, 0.29) is 10.9 Å². The Labute approximate surface area is 144 Å². The van der Waals surface area contributed by atoms with Crippen LogP contribution in [0.15, 0.2) is 29.4 Å². The molecule has 0 spiro atoms. The molecule has 0 saturated heterocycles. The molecule has 1 aromatic heterocycles. The number of Topliss-reactive ketones (excluding diaryl/α,β-unsaturated/α-hetero) is 1. The van der Waals surface area contributed by atoms with Crippen LogP contribution in [0.2, 0.25) is 0 Å². The summed E-state index contributed by atoms with van der Waals surface area (Å²) in [5.74, 6) is 3.33. The third-order valence-electron chi connectivity index (χ3n) is 3.11. The smallest absolute Gasteiger partial charge is 0.335 e. The standard InChI is InChI=1S/C14H14F3N5O2S/c1-7(23)9-4-3-5-10(6-9)19-11(24)8(2)25-13-21-20-12(22(13)18)14(15,16)17/h3-6,8H,18H2,1-2H3,(H,19,24)/t8-/m1/s1. The van der Waals surface area contributed by atoms with E-state index in [4.69, 9.17) is 5.84 Å². The number of nitrogen functional groups attached to an aromatic ring is 1. The van der Waals surface area contributed by atoms with Crippen LogP contribution in [-0.4, -0.2) is 31.8 Å². The first-order chi connectivity index (χ1) is 11.6. The summed E-state index contributed by atoms with van der Waals surface area (Å²) >= 11 is 0.730. The third-order valence-corrected chi connectivity index (χ3v) is 4.16. The van der Waals surface area contributed by atoms with E-state index in [1.54, 1.807) is 18.2 Å². The fraction of sp³-hybridized carbons (Fsp3) is 0.286. The van der Waals surface area contributed by atoms with E-state index < -0.39 is 23.2 Å². The number of amides is 1. The number of halogens is 3. The first-order valence-electron chi connectivity index (χ1n) is 6.96. The van der Waals surface area contributed by atoms with Crippen molar-refractivity contribution in [3.05, 3.63) is 35.7 Å². The predicted octanol–water partition coefficient (Wildman–Crippen LogP) is 2.33. The number of nitrogens with two attached hydrogens (primary N) is 1. The van der Waals surface area contributed by atoms with Gasteiger partial charge < -0.3 is 11.2 Å². The van der Waals surface area contributed by atoms with Crippen LogP contribution in [-0.2, 0) is 11.0 Å². The number of nitrogens with zero attached hydrogens (tertiary/aromatic N) is 3. The molecule has 0 bridgehead atoms. The van der Waals surface area contributed by atoms with Crippen LogP contribution in [0.25, 0.3) is 0 Å². The number of alkyl halides is 3. The van der Waals surface area contributed by atoms with E-state index in [1.807, 2.05) is 0 Å². The number of carbonyl (C=O) groups is 2. The van der Waals surface area contributed by atoms with Gasteiger partial charge >= 0.3 is 6.18 Å². The number of thioether (sulfide) groups is 1. The molecule has 1 aromatic carbocycles. The first kappa shape index (κ1) is 18.8. The molecule has 0 aliphatic rings. The van der Waals surface area contributed by atoms with Gasteiger partial charge in [-0.25, -0.2) is 4.68 Å². The lowest BCUT2D eigenvalue weighted by atomic mass is 10.1. The van der Waals surface area contributed by atoms with E-state index in [9.17, 15) is 22.8 Å².